The third-order valence-electron chi connectivity index (χ3n) is 6.20. The SMILES string of the molecule is O=C(CCCN1CCCCC1)c1ccc(-n2cc(C3=NCc4ccccc43)nn2)cc1. The third-order valence-corrected chi connectivity index (χ3v) is 6.20. The Labute approximate surface area is 182 Å². The average Bonchev–Trinajstić information content (AvgIpc) is 3.47. The van der Waals surface area contributed by atoms with E-state index in [2.05, 4.69) is 32.3 Å². The van der Waals surface area contributed by atoms with Crippen LogP contribution in [0.15, 0.2) is 59.7 Å². The maximum atomic E-state index is 12.6. The molecule has 0 unspecified atom stereocenters. The number of Topliss-reactive ketones (excluding diaryl/α,β-unsaturated/α-hetero) is 1. The zero-order valence-corrected chi connectivity index (χ0v) is 17.7. The minimum Gasteiger partial charge on any atom is -0.303 e. The number of likely N-dealkylation sites (tertiary alicyclic amines) is 1. The number of carbonyl (C=O) groups is 1. The molecule has 0 saturated carbocycles. The van der Waals surface area contributed by atoms with Crippen LogP contribution in [0.2, 0.25) is 0 Å². The van der Waals surface area contributed by atoms with Crippen LogP contribution in [0.1, 0.15) is 59.3 Å². The molecule has 1 fully saturated rings. The Bertz CT molecular complexity index is 1090. The van der Waals surface area contributed by atoms with Crippen molar-refractivity contribution in [1.29, 1.82) is 0 Å². The van der Waals surface area contributed by atoms with Crippen LogP contribution >= 0.6 is 0 Å². The minimum atomic E-state index is 0.208. The summed E-state index contributed by atoms with van der Waals surface area (Å²) in [5, 5.41) is 8.60. The second kappa shape index (κ2) is 8.94. The molecule has 6 heteroatoms. The fourth-order valence-corrected chi connectivity index (χ4v) is 4.45. The van der Waals surface area contributed by atoms with E-state index in [9.17, 15) is 4.79 Å². The van der Waals surface area contributed by atoms with Crippen molar-refractivity contribution in [2.45, 2.75) is 38.6 Å². The fourth-order valence-electron chi connectivity index (χ4n) is 4.45. The topological polar surface area (TPSA) is 63.4 Å². The van der Waals surface area contributed by atoms with Crippen LogP contribution in [0.4, 0.5) is 0 Å². The molecule has 1 aromatic heterocycles. The maximum absolute atomic E-state index is 12.6. The van der Waals surface area contributed by atoms with Gasteiger partial charge in [-0.3, -0.25) is 9.79 Å². The summed E-state index contributed by atoms with van der Waals surface area (Å²) >= 11 is 0. The molecule has 5 rings (SSSR count). The first-order chi connectivity index (χ1) is 15.3. The zero-order chi connectivity index (χ0) is 21.0. The van der Waals surface area contributed by atoms with Gasteiger partial charge >= 0.3 is 0 Å². The predicted molar refractivity (Wildman–Crippen MR) is 121 cm³/mol. The molecular formula is C25H27N5O. The average molecular weight is 414 g/mol. The summed E-state index contributed by atoms with van der Waals surface area (Å²) in [7, 11) is 0. The van der Waals surface area contributed by atoms with Gasteiger partial charge in [-0.05, 0) is 68.7 Å². The van der Waals surface area contributed by atoms with Gasteiger partial charge in [-0.2, -0.15) is 0 Å². The van der Waals surface area contributed by atoms with Crippen LogP contribution in [-0.2, 0) is 6.54 Å². The van der Waals surface area contributed by atoms with Crippen molar-refractivity contribution >= 4 is 11.5 Å². The number of rotatable bonds is 7. The Morgan fingerprint density at radius 2 is 1.77 bits per heavy atom. The monoisotopic (exact) mass is 413 g/mol. The summed E-state index contributed by atoms with van der Waals surface area (Å²) in [5.74, 6) is 0.208. The first-order valence-corrected chi connectivity index (χ1v) is 11.2. The molecule has 0 bridgehead atoms. The molecule has 158 valence electrons. The Hall–Kier alpha value is -3.12. The number of fused-ring (bicyclic) bond motifs is 1. The van der Waals surface area contributed by atoms with E-state index in [-0.39, 0.29) is 5.78 Å². The third kappa shape index (κ3) is 4.35. The lowest BCUT2D eigenvalue weighted by atomic mass is 10.0. The largest absolute Gasteiger partial charge is 0.303 e. The van der Waals surface area contributed by atoms with E-state index >= 15 is 0 Å². The molecule has 2 aliphatic heterocycles. The minimum absolute atomic E-state index is 0.208. The molecule has 3 aromatic rings. The highest BCUT2D eigenvalue weighted by atomic mass is 16.1. The summed E-state index contributed by atoms with van der Waals surface area (Å²) < 4.78 is 1.74. The molecule has 0 aliphatic carbocycles. The molecule has 1 saturated heterocycles. The van der Waals surface area contributed by atoms with E-state index in [0.717, 1.165) is 41.2 Å². The number of nitrogens with zero attached hydrogens (tertiary/aromatic N) is 5. The fraction of sp³-hybridized carbons (Fsp3) is 0.360. The Morgan fingerprint density at radius 1 is 0.968 bits per heavy atom. The van der Waals surface area contributed by atoms with Crippen molar-refractivity contribution in [2.75, 3.05) is 19.6 Å². The number of ketones is 1. The Balaban J connectivity index is 1.21. The molecule has 6 nitrogen and oxygen atoms in total. The van der Waals surface area contributed by atoms with Crippen LogP contribution < -0.4 is 0 Å². The molecule has 0 N–H and O–H groups in total. The molecule has 0 radical (unpaired) electrons. The summed E-state index contributed by atoms with van der Waals surface area (Å²) in [6.45, 7) is 4.08. The van der Waals surface area contributed by atoms with Gasteiger partial charge in [0.05, 0.1) is 24.1 Å². The highest BCUT2D eigenvalue weighted by molar-refractivity contribution is 6.13. The quantitative estimate of drug-likeness (QED) is 0.548. The van der Waals surface area contributed by atoms with Crippen LogP contribution in [-0.4, -0.2) is 51.0 Å². The van der Waals surface area contributed by atoms with E-state index in [4.69, 9.17) is 0 Å². The van der Waals surface area contributed by atoms with Gasteiger partial charge in [0.1, 0.15) is 5.69 Å². The smallest absolute Gasteiger partial charge is 0.162 e. The van der Waals surface area contributed by atoms with Crippen molar-refractivity contribution < 1.29 is 4.79 Å². The molecule has 3 heterocycles. The van der Waals surface area contributed by atoms with Gasteiger partial charge in [0.2, 0.25) is 0 Å². The van der Waals surface area contributed by atoms with Crippen molar-refractivity contribution in [1.82, 2.24) is 19.9 Å². The second-order valence-corrected chi connectivity index (χ2v) is 8.35. The Morgan fingerprint density at radius 3 is 2.61 bits per heavy atom. The Kier molecular flexibility index (Phi) is 5.71. The van der Waals surface area contributed by atoms with E-state index < -0.39 is 0 Å². The first-order valence-electron chi connectivity index (χ1n) is 11.2. The lowest BCUT2D eigenvalue weighted by molar-refractivity contribution is 0.0973. The molecule has 0 atom stereocenters. The molecule has 0 spiro atoms. The lowest BCUT2D eigenvalue weighted by Crippen LogP contribution is -2.30. The maximum Gasteiger partial charge on any atom is 0.162 e. The first kappa shape index (κ1) is 19.8. The van der Waals surface area contributed by atoms with Crippen LogP contribution in [0.3, 0.4) is 0 Å². The van der Waals surface area contributed by atoms with Crippen molar-refractivity contribution in [3.05, 3.63) is 77.1 Å². The van der Waals surface area contributed by atoms with Crippen molar-refractivity contribution in [3.8, 4) is 5.69 Å². The number of benzene rings is 2. The zero-order valence-electron chi connectivity index (χ0n) is 17.7. The standard InChI is InChI=1S/C25H27N5O/c31-24(9-6-16-29-14-4-1-5-15-29)19-10-12-21(13-11-19)30-18-23(27-28-30)25-22-8-3-2-7-20(22)17-26-25/h2-3,7-8,10-13,18H,1,4-6,9,14-17H2. The van der Waals surface area contributed by atoms with E-state index in [1.807, 2.05) is 42.6 Å². The number of carbonyl (C=O) groups excluding carboxylic acids is 1. The molecule has 0 amide bonds. The molecule has 31 heavy (non-hydrogen) atoms. The predicted octanol–water partition coefficient (Wildman–Crippen LogP) is 4.07. The number of piperidine rings is 1. The van der Waals surface area contributed by atoms with Gasteiger partial charge < -0.3 is 4.90 Å². The molecular weight excluding hydrogens is 386 g/mol. The number of aromatic nitrogens is 3. The molecule has 2 aliphatic rings. The second-order valence-electron chi connectivity index (χ2n) is 8.35. The van der Waals surface area contributed by atoms with Gasteiger partial charge in [-0.25, -0.2) is 4.68 Å². The van der Waals surface area contributed by atoms with Crippen molar-refractivity contribution in [3.63, 3.8) is 0 Å². The highest BCUT2D eigenvalue weighted by Gasteiger charge is 2.19. The van der Waals surface area contributed by atoms with Gasteiger partial charge in [0, 0.05) is 17.5 Å². The van der Waals surface area contributed by atoms with Crippen molar-refractivity contribution in [2.24, 2.45) is 4.99 Å². The number of hydrogen-bond acceptors (Lipinski definition) is 5. The van der Waals surface area contributed by atoms with Gasteiger partial charge in [0.25, 0.3) is 0 Å². The summed E-state index contributed by atoms with van der Waals surface area (Å²) in [6, 6.07) is 15.9. The lowest BCUT2D eigenvalue weighted by Gasteiger charge is -2.26. The molecule has 2 aromatic carbocycles. The van der Waals surface area contributed by atoms with Gasteiger partial charge in [-0.1, -0.05) is 35.9 Å². The van der Waals surface area contributed by atoms with E-state index in [0.29, 0.717) is 13.0 Å². The highest BCUT2D eigenvalue weighted by Crippen LogP contribution is 2.22. The van der Waals surface area contributed by atoms with Gasteiger partial charge in [0.15, 0.2) is 5.78 Å². The van der Waals surface area contributed by atoms with Crippen LogP contribution in [0, 0.1) is 0 Å². The van der Waals surface area contributed by atoms with Crippen LogP contribution in [0.25, 0.3) is 5.69 Å². The van der Waals surface area contributed by atoms with Gasteiger partial charge in [-0.15, -0.1) is 5.10 Å². The van der Waals surface area contributed by atoms with Crippen LogP contribution in [0.5, 0.6) is 0 Å². The summed E-state index contributed by atoms with van der Waals surface area (Å²) in [6.07, 6.45) is 7.35. The summed E-state index contributed by atoms with van der Waals surface area (Å²) in [5.41, 5.74) is 5.65. The van der Waals surface area contributed by atoms with E-state index in [1.54, 1.807) is 4.68 Å². The van der Waals surface area contributed by atoms with E-state index in [1.165, 1.54) is 37.9 Å². The number of hydrogen-bond donors (Lipinski definition) is 0. The number of aliphatic imine (C=N–C) groups is 1. The summed E-state index contributed by atoms with van der Waals surface area (Å²) in [4.78, 5) is 19.7. The normalized spacial score (nSPS) is 16.2.